The molecule has 7 atom stereocenters. The second kappa shape index (κ2) is 15.0. The number of nitrogens with one attached hydrogen (secondary N) is 1. The van der Waals surface area contributed by atoms with Crippen molar-refractivity contribution in [3.05, 3.63) is 58.1 Å². The molecule has 11 heteroatoms. The third-order valence-electron chi connectivity index (χ3n) is 14.0. The van der Waals surface area contributed by atoms with Gasteiger partial charge in [-0.15, -0.1) is 0 Å². The van der Waals surface area contributed by atoms with Gasteiger partial charge in [-0.1, -0.05) is 31.0 Å². The van der Waals surface area contributed by atoms with E-state index in [1.165, 1.54) is 11.1 Å². The van der Waals surface area contributed by atoms with Crippen LogP contribution in [0.2, 0.25) is 5.02 Å². The van der Waals surface area contributed by atoms with Crippen LogP contribution in [-0.2, 0) is 31.0 Å². The van der Waals surface area contributed by atoms with Gasteiger partial charge in [-0.3, -0.25) is 14.4 Å². The third kappa shape index (κ3) is 7.38. The molecule has 4 heterocycles. The van der Waals surface area contributed by atoms with Gasteiger partial charge in [0.1, 0.15) is 5.75 Å². The lowest BCUT2D eigenvalue weighted by molar-refractivity contribution is -0.248. The molecule has 0 radical (unpaired) electrons. The quantitative estimate of drug-likeness (QED) is 0.381. The zero-order valence-electron chi connectivity index (χ0n) is 32.1. The summed E-state index contributed by atoms with van der Waals surface area (Å²) in [6, 6.07) is 13.0. The minimum Gasteiger partial charge on any atom is -0.490 e. The van der Waals surface area contributed by atoms with Gasteiger partial charge in [-0.25, -0.2) is 4.21 Å². The first-order valence-corrected chi connectivity index (χ1v) is 22.2. The molecule has 290 valence electrons. The van der Waals surface area contributed by atoms with Crippen LogP contribution in [0.3, 0.4) is 0 Å². The third-order valence-corrected chi connectivity index (χ3v) is 16.5. The normalized spacial score (nSPS) is 37.1. The predicted octanol–water partition coefficient (Wildman–Crippen LogP) is 6.01. The Morgan fingerprint density at radius 1 is 0.981 bits per heavy atom. The highest BCUT2D eigenvalue weighted by Crippen LogP contribution is 2.49. The molecule has 1 N–H and O–H groups in total. The maximum atomic E-state index is 14.0. The highest BCUT2D eigenvalue weighted by molar-refractivity contribution is 7.99. The Balaban J connectivity index is 1.11. The first-order chi connectivity index (χ1) is 25.4. The Kier molecular flexibility index (Phi) is 10.6. The maximum Gasteiger partial charge on any atom is 0.262 e. The van der Waals surface area contributed by atoms with E-state index in [-0.39, 0.29) is 34.7 Å². The first-order valence-electron chi connectivity index (χ1n) is 20.0. The number of hydrogen-bond acceptors (Lipinski definition) is 8. The molecule has 2 aliphatic carbocycles. The van der Waals surface area contributed by atoms with Gasteiger partial charge in [0.15, 0.2) is 6.29 Å². The topological polar surface area (TPSA) is 83.6 Å². The summed E-state index contributed by atoms with van der Waals surface area (Å²) >= 11 is 6.51. The Morgan fingerprint density at radius 3 is 2.51 bits per heavy atom. The Labute approximate surface area is 322 Å². The maximum absolute atomic E-state index is 14.0. The standard InChI is InChI=1S/C42H59ClN4O5S/c1-27-8-6-10-36(41-50-23-34(24-51-41)46-21-33(22-46)45(3)4)35-14-11-31(35)20-47-25-42(17-7-9-29-18-32(43)13-15-37(29)42)26-52-39-16-12-30(19-38(39)47)40(48)44-53(5,49)28(27)2/h12-13,15-16,18-19,27-28,31,33-36,41H,5-11,14,17,20-26H2,1-4H3,(H,44,48,49)/t27-,28+,31-,34?,35+,36-,41?,42-,53?/m0/s1. The number of likely N-dealkylation sites (N-methyl/N-ethyl adjacent to an activating group) is 1. The molecule has 2 aromatic carbocycles. The van der Waals surface area contributed by atoms with Gasteiger partial charge in [-0.2, -0.15) is 0 Å². The monoisotopic (exact) mass is 766 g/mol. The van der Waals surface area contributed by atoms with Gasteiger partial charge in [0.2, 0.25) is 0 Å². The minimum atomic E-state index is -2.91. The summed E-state index contributed by atoms with van der Waals surface area (Å²) in [4.78, 5) is 21.1. The number of ether oxygens (including phenoxy) is 3. The van der Waals surface area contributed by atoms with Gasteiger partial charge < -0.3 is 24.0 Å². The number of nitrogens with zero attached hydrogens (tertiary/aromatic N) is 3. The molecule has 0 aromatic heterocycles. The van der Waals surface area contributed by atoms with E-state index in [2.05, 4.69) is 58.4 Å². The fraction of sp³-hybridized carbons (Fsp3) is 0.667. The predicted molar refractivity (Wildman–Crippen MR) is 214 cm³/mol. The summed E-state index contributed by atoms with van der Waals surface area (Å²) in [5.74, 6) is 5.85. The molecule has 9 nitrogen and oxygen atoms in total. The fourth-order valence-corrected chi connectivity index (χ4v) is 11.8. The van der Waals surface area contributed by atoms with E-state index in [1.54, 1.807) is 6.07 Å². The number of anilines is 1. The number of hydrogen-bond donors (Lipinski definition) is 1. The smallest absolute Gasteiger partial charge is 0.262 e. The number of fused-ring (bicyclic) bond motifs is 4. The molecule has 8 rings (SSSR count). The molecule has 3 fully saturated rings. The van der Waals surface area contributed by atoms with Gasteiger partial charge in [0.05, 0.1) is 41.3 Å². The highest BCUT2D eigenvalue weighted by Gasteiger charge is 2.47. The second-order valence-corrected chi connectivity index (χ2v) is 20.3. The number of likely N-dealkylation sites (tertiary alicyclic amines) is 1. The lowest BCUT2D eigenvalue weighted by Gasteiger charge is -2.51. The van der Waals surface area contributed by atoms with Crippen molar-refractivity contribution in [2.45, 2.75) is 94.3 Å². The summed E-state index contributed by atoms with van der Waals surface area (Å²) in [5, 5.41) is 0.495. The molecule has 1 spiro atoms. The van der Waals surface area contributed by atoms with E-state index in [9.17, 15) is 9.00 Å². The van der Waals surface area contributed by atoms with Crippen molar-refractivity contribution in [3.8, 4) is 5.75 Å². The van der Waals surface area contributed by atoms with Gasteiger partial charge in [0, 0.05) is 59.4 Å². The lowest BCUT2D eigenvalue weighted by atomic mass is 9.64. The summed E-state index contributed by atoms with van der Waals surface area (Å²) in [7, 11) is 1.40. The van der Waals surface area contributed by atoms with Crippen LogP contribution < -0.4 is 14.4 Å². The number of carbonyl (C=O) groups is 1. The first kappa shape index (κ1) is 37.6. The molecule has 4 aliphatic heterocycles. The van der Waals surface area contributed by atoms with Crippen molar-refractivity contribution in [1.29, 1.82) is 0 Å². The van der Waals surface area contributed by atoms with Crippen molar-refractivity contribution in [1.82, 2.24) is 14.5 Å². The molecule has 53 heavy (non-hydrogen) atoms. The van der Waals surface area contributed by atoms with E-state index in [0.717, 1.165) is 94.0 Å². The molecule has 1 unspecified atom stereocenters. The number of rotatable bonds is 3. The van der Waals surface area contributed by atoms with Crippen LogP contribution >= 0.6 is 11.6 Å². The molecule has 2 saturated heterocycles. The lowest BCUT2D eigenvalue weighted by Crippen LogP contribution is -2.64. The van der Waals surface area contributed by atoms with Gasteiger partial charge >= 0.3 is 0 Å². The van der Waals surface area contributed by atoms with Crippen LogP contribution in [0.5, 0.6) is 5.75 Å². The van der Waals surface area contributed by atoms with Gasteiger partial charge in [0.25, 0.3) is 5.91 Å². The average molecular weight is 767 g/mol. The van der Waals surface area contributed by atoms with E-state index in [0.29, 0.717) is 49.3 Å². The average Bonchev–Trinajstić information content (AvgIpc) is 3.24. The van der Waals surface area contributed by atoms with Crippen molar-refractivity contribution in [2.24, 2.45) is 23.7 Å². The highest BCUT2D eigenvalue weighted by atomic mass is 35.5. The molecule has 6 aliphatic rings. The molecular weight excluding hydrogens is 708 g/mol. The van der Waals surface area contributed by atoms with Crippen LogP contribution in [0.1, 0.15) is 80.3 Å². The molecular formula is C42H59ClN4O5S. The molecule has 2 aromatic rings. The van der Waals surface area contributed by atoms with Crippen molar-refractivity contribution in [2.75, 3.05) is 65.0 Å². The van der Waals surface area contributed by atoms with Crippen molar-refractivity contribution in [3.63, 3.8) is 0 Å². The van der Waals surface area contributed by atoms with Gasteiger partial charge in [-0.05, 0) is 131 Å². The zero-order valence-corrected chi connectivity index (χ0v) is 33.6. The molecule has 1 saturated carbocycles. The van der Waals surface area contributed by atoms with E-state index < -0.39 is 9.71 Å². The van der Waals surface area contributed by atoms with E-state index in [4.69, 9.17) is 25.8 Å². The SMILES string of the molecule is C=S1(=O)NC(=O)c2ccc3c(c2)N(C[C@@H]2CC[C@H]2[C@@H](C2OCC(N4CC(N(C)C)C4)CO2)CCC[C@H](C)[C@H]1C)C[C@@]1(CCCc2cc(Cl)ccc21)CO3. The summed E-state index contributed by atoms with van der Waals surface area (Å²) < 4.78 is 37.0. The van der Waals surface area contributed by atoms with Crippen LogP contribution in [0, 0.1) is 23.7 Å². The van der Waals surface area contributed by atoms with Crippen LogP contribution in [0.4, 0.5) is 5.69 Å². The minimum absolute atomic E-state index is 0.125. The molecule has 1 amide bonds. The van der Waals surface area contributed by atoms with E-state index >= 15 is 0 Å². The van der Waals surface area contributed by atoms with Crippen molar-refractivity contribution < 1.29 is 23.2 Å². The fourth-order valence-electron chi connectivity index (χ4n) is 10.1. The summed E-state index contributed by atoms with van der Waals surface area (Å²) in [6.45, 7) is 9.87. The number of carbonyl (C=O) groups excluding carboxylic acids is 1. The van der Waals surface area contributed by atoms with Crippen molar-refractivity contribution >= 4 is 38.8 Å². The number of aryl methyl sites for hydroxylation is 1. The molecule has 2 bridgehead atoms. The summed E-state index contributed by atoms with van der Waals surface area (Å²) in [5.41, 5.74) is 3.84. The summed E-state index contributed by atoms with van der Waals surface area (Å²) in [6.07, 6.45) is 8.07. The number of amides is 1. The largest absolute Gasteiger partial charge is 0.490 e. The Hall–Kier alpha value is -2.34. The Bertz CT molecular complexity index is 1780. The second-order valence-electron chi connectivity index (χ2n) is 17.5. The number of halogens is 1. The van der Waals surface area contributed by atoms with Crippen LogP contribution in [0.15, 0.2) is 36.4 Å². The van der Waals surface area contributed by atoms with Crippen LogP contribution in [0.25, 0.3) is 0 Å². The number of benzene rings is 2. The zero-order chi connectivity index (χ0) is 37.1. The Morgan fingerprint density at radius 2 is 1.77 bits per heavy atom. The van der Waals surface area contributed by atoms with E-state index in [1.807, 2.05) is 25.1 Å². The van der Waals surface area contributed by atoms with Crippen LogP contribution in [-0.4, -0.2) is 110 Å².